The van der Waals surface area contributed by atoms with E-state index in [-0.39, 0.29) is 6.10 Å². The van der Waals surface area contributed by atoms with Crippen molar-refractivity contribution in [2.75, 3.05) is 20.3 Å². The first-order chi connectivity index (χ1) is 9.79. The van der Waals surface area contributed by atoms with Crippen LogP contribution in [0, 0.1) is 0 Å². The quantitative estimate of drug-likeness (QED) is 0.832. The van der Waals surface area contributed by atoms with Crippen LogP contribution in [0.4, 0.5) is 0 Å². The van der Waals surface area contributed by atoms with Crippen molar-refractivity contribution in [2.45, 2.75) is 50.7 Å². The van der Waals surface area contributed by atoms with Crippen LogP contribution in [0.1, 0.15) is 49.3 Å². The zero-order chi connectivity index (χ0) is 14.2. The maximum Gasteiger partial charge on any atom is 0.0791 e. The van der Waals surface area contributed by atoms with Gasteiger partial charge in [-0.3, -0.25) is 0 Å². The van der Waals surface area contributed by atoms with E-state index in [1.165, 1.54) is 18.4 Å². The third-order valence-electron chi connectivity index (χ3n) is 4.00. The molecule has 0 amide bonds. The Kier molecular flexibility index (Phi) is 6.51. The van der Waals surface area contributed by atoms with Crippen molar-refractivity contribution < 1.29 is 14.6 Å². The van der Waals surface area contributed by atoms with Crippen molar-refractivity contribution in [3.8, 4) is 0 Å². The average Bonchev–Trinajstić information content (AvgIpc) is 2.52. The second kappa shape index (κ2) is 8.40. The van der Waals surface area contributed by atoms with Crippen molar-refractivity contribution in [1.29, 1.82) is 0 Å². The normalized spacial score (nSPS) is 20.8. The van der Waals surface area contributed by atoms with Gasteiger partial charge in [-0.1, -0.05) is 24.3 Å². The molecule has 0 aromatic heterocycles. The number of hydrogen-bond donors (Lipinski definition) is 1. The van der Waals surface area contributed by atoms with Crippen LogP contribution in [-0.4, -0.2) is 31.5 Å². The molecule has 1 fully saturated rings. The molecule has 0 bridgehead atoms. The van der Waals surface area contributed by atoms with E-state index in [4.69, 9.17) is 9.47 Å². The van der Waals surface area contributed by atoms with E-state index in [1.807, 2.05) is 12.1 Å². The van der Waals surface area contributed by atoms with Crippen LogP contribution >= 0.6 is 0 Å². The summed E-state index contributed by atoms with van der Waals surface area (Å²) in [4.78, 5) is 0. The molecule has 3 nitrogen and oxygen atoms in total. The molecule has 2 atom stereocenters. The van der Waals surface area contributed by atoms with E-state index in [2.05, 4.69) is 12.1 Å². The van der Waals surface area contributed by atoms with Crippen LogP contribution in [-0.2, 0) is 15.9 Å². The molecule has 1 aliphatic heterocycles. The van der Waals surface area contributed by atoms with Gasteiger partial charge >= 0.3 is 0 Å². The SMILES string of the molecule is COCCc1ccc(C(O)CCC2CCCCO2)cc1. The number of aliphatic hydroxyl groups excluding tert-OH is 1. The van der Waals surface area contributed by atoms with Crippen molar-refractivity contribution in [1.82, 2.24) is 0 Å². The Morgan fingerprint density at radius 1 is 1.30 bits per heavy atom. The lowest BCUT2D eigenvalue weighted by Crippen LogP contribution is -2.19. The van der Waals surface area contributed by atoms with Crippen molar-refractivity contribution >= 4 is 0 Å². The summed E-state index contributed by atoms with van der Waals surface area (Å²) in [6.07, 6.45) is 6.20. The summed E-state index contributed by atoms with van der Waals surface area (Å²) < 4.78 is 10.8. The van der Waals surface area contributed by atoms with Gasteiger partial charge in [0, 0.05) is 13.7 Å². The molecule has 2 rings (SSSR count). The summed E-state index contributed by atoms with van der Waals surface area (Å²) in [7, 11) is 1.71. The number of rotatable bonds is 7. The van der Waals surface area contributed by atoms with Gasteiger partial charge < -0.3 is 14.6 Å². The second-order valence-corrected chi connectivity index (χ2v) is 5.57. The molecule has 0 radical (unpaired) electrons. The Morgan fingerprint density at radius 3 is 2.75 bits per heavy atom. The fourth-order valence-electron chi connectivity index (χ4n) is 2.67. The highest BCUT2D eigenvalue weighted by atomic mass is 16.5. The van der Waals surface area contributed by atoms with Gasteiger partial charge in [0.1, 0.15) is 0 Å². The zero-order valence-corrected chi connectivity index (χ0v) is 12.4. The summed E-state index contributed by atoms with van der Waals surface area (Å²) in [6.45, 7) is 1.62. The molecule has 112 valence electrons. The molecular formula is C17H26O3. The van der Waals surface area contributed by atoms with Crippen LogP contribution in [0.3, 0.4) is 0 Å². The predicted molar refractivity (Wildman–Crippen MR) is 79.8 cm³/mol. The summed E-state index contributed by atoms with van der Waals surface area (Å²) in [5.74, 6) is 0. The standard InChI is InChI=1S/C17H26O3/c1-19-13-11-14-5-7-15(8-6-14)17(18)10-9-16-4-2-3-12-20-16/h5-8,16-18H,2-4,9-13H2,1H3. The van der Waals surface area contributed by atoms with Gasteiger partial charge in [-0.05, 0) is 49.7 Å². The van der Waals surface area contributed by atoms with Crippen molar-refractivity contribution in [3.63, 3.8) is 0 Å². The maximum atomic E-state index is 10.2. The smallest absolute Gasteiger partial charge is 0.0791 e. The lowest BCUT2D eigenvalue weighted by molar-refractivity contribution is 0.00213. The van der Waals surface area contributed by atoms with Gasteiger partial charge in [0.05, 0.1) is 18.8 Å². The van der Waals surface area contributed by atoms with Gasteiger partial charge in [-0.25, -0.2) is 0 Å². The van der Waals surface area contributed by atoms with Crippen LogP contribution in [0.15, 0.2) is 24.3 Å². The van der Waals surface area contributed by atoms with E-state index in [9.17, 15) is 5.11 Å². The Balaban J connectivity index is 1.77. The monoisotopic (exact) mass is 278 g/mol. The summed E-state index contributed by atoms with van der Waals surface area (Å²) in [5.41, 5.74) is 2.25. The molecule has 20 heavy (non-hydrogen) atoms. The lowest BCUT2D eigenvalue weighted by atomic mass is 9.98. The number of benzene rings is 1. The second-order valence-electron chi connectivity index (χ2n) is 5.57. The minimum absolute atomic E-state index is 0.347. The Hall–Kier alpha value is -0.900. The molecule has 2 unspecified atom stereocenters. The summed E-state index contributed by atoms with van der Waals surface area (Å²) in [6, 6.07) is 8.21. The van der Waals surface area contributed by atoms with E-state index < -0.39 is 0 Å². The Bertz CT molecular complexity index is 368. The predicted octanol–water partition coefficient (Wildman–Crippen LogP) is 3.26. The number of methoxy groups -OCH3 is 1. The molecule has 0 aliphatic carbocycles. The largest absolute Gasteiger partial charge is 0.388 e. The third kappa shape index (κ3) is 4.89. The molecule has 1 aromatic rings. The molecule has 1 N–H and O–H groups in total. The van der Waals surface area contributed by atoms with Gasteiger partial charge in [0.25, 0.3) is 0 Å². The van der Waals surface area contributed by atoms with Gasteiger partial charge in [-0.15, -0.1) is 0 Å². The number of aliphatic hydroxyl groups is 1. The fourth-order valence-corrected chi connectivity index (χ4v) is 2.67. The highest BCUT2D eigenvalue weighted by Crippen LogP contribution is 2.24. The van der Waals surface area contributed by atoms with E-state index in [0.29, 0.717) is 6.10 Å². The molecule has 0 saturated carbocycles. The molecule has 3 heteroatoms. The van der Waals surface area contributed by atoms with Crippen LogP contribution in [0.25, 0.3) is 0 Å². The molecule has 1 saturated heterocycles. The lowest BCUT2D eigenvalue weighted by Gasteiger charge is -2.23. The van der Waals surface area contributed by atoms with Gasteiger partial charge in [0.15, 0.2) is 0 Å². The first-order valence-electron chi connectivity index (χ1n) is 7.67. The first kappa shape index (κ1) is 15.5. The summed E-state index contributed by atoms with van der Waals surface area (Å²) >= 11 is 0. The van der Waals surface area contributed by atoms with Crippen LogP contribution < -0.4 is 0 Å². The molecule has 0 spiro atoms. The van der Waals surface area contributed by atoms with E-state index in [0.717, 1.165) is 44.5 Å². The zero-order valence-electron chi connectivity index (χ0n) is 12.4. The Labute approximate surface area is 121 Å². The summed E-state index contributed by atoms with van der Waals surface area (Å²) in [5, 5.41) is 10.2. The highest BCUT2D eigenvalue weighted by Gasteiger charge is 2.16. The first-order valence-corrected chi connectivity index (χ1v) is 7.67. The van der Waals surface area contributed by atoms with E-state index >= 15 is 0 Å². The minimum Gasteiger partial charge on any atom is -0.388 e. The third-order valence-corrected chi connectivity index (χ3v) is 4.00. The minimum atomic E-state index is -0.378. The average molecular weight is 278 g/mol. The van der Waals surface area contributed by atoms with Crippen molar-refractivity contribution in [2.24, 2.45) is 0 Å². The van der Waals surface area contributed by atoms with Crippen LogP contribution in [0.5, 0.6) is 0 Å². The topological polar surface area (TPSA) is 38.7 Å². The fraction of sp³-hybridized carbons (Fsp3) is 0.647. The molecule has 1 aromatic carbocycles. The maximum absolute atomic E-state index is 10.2. The highest BCUT2D eigenvalue weighted by molar-refractivity contribution is 5.24. The van der Waals surface area contributed by atoms with Crippen LogP contribution in [0.2, 0.25) is 0 Å². The molecule has 1 aliphatic rings. The van der Waals surface area contributed by atoms with E-state index in [1.54, 1.807) is 7.11 Å². The Morgan fingerprint density at radius 2 is 2.10 bits per heavy atom. The molecule has 1 heterocycles. The van der Waals surface area contributed by atoms with Gasteiger partial charge in [-0.2, -0.15) is 0 Å². The molecular weight excluding hydrogens is 252 g/mol. The number of ether oxygens (including phenoxy) is 2. The number of hydrogen-bond acceptors (Lipinski definition) is 3. The van der Waals surface area contributed by atoms with Crippen molar-refractivity contribution in [3.05, 3.63) is 35.4 Å². The van der Waals surface area contributed by atoms with Gasteiger partial charge in [0.2, 0.25) is 0 Å².